The lowest BCUT2D eigenvalue weighted by Crippen LogP contribution is -2.24. The number of benzene rings is 1. The first kappa shape index (κ1) is 17.6. The van der Waals surface area contributed by atoms with Crippen LogP contribution in [0.5, 0.6) is 5.75 Å². The number of H-pyrrole nitrogens is 1. The second-order valence-electron chi connectivity index (χ2n) is 6.34. The van der Waals surface area contributed by atoms with E-state index in [1.165, 1.54) is 5.56 Å². The summed E-state index contributed by atoms with van der Waals surface area (Å²) in [4.78, 5) is 17.6. The van der Waals surface area contributed by atoms with Crippen molar-refractivity contribution in [2.45, 2.75) is 31.6 Å². The number of rotatable bonds is 3. The van der Waals surface area contributed by atoms with Crippen LogP contribution < -0.4 is 10.3 Å². The summed E-state index contributed by atoms with van der Waals surface area (Å²) in [5, 5.41) is 1.16. The lowest BCUT2D eigenvalue weighted by molar-refractivity contribution is 0.203. The van der Waals surface area contributed by atoms with Crippen molar-refractivity contribution in [3.63, 3.8) is 0 Å². The Labute approximate surface area is 152 Å². The van der Waals surface area contributed by atoms with Crippen LogP contribution in [0.3, 0.4) is 0 Å². The first-order valence-electron chi connectivity index (χ1n) is 8.39. The third kappa shape index (κ3) is 3.30. The maximum absolute atomic E-state index is 12.2. The number of ether oxygens (including phenoxy) is 1. The highest BCUT2D eigenvalue weighted by atomic mass is 35.5. The maximum Gasteiger partial charge on any atom is 0.252 e. The van der Waals surface area contributed by atoms with Crippen molar-refractivity contribution in [2.24, 2.45) is 0 Å². The van der Waals surface area contributed by atoms with E-state index in [0.717, 1.165) is 66.2 Å². The van der Waals surface area contributed by atoms with Gasteiger partial charge >= 0.3 is 0 Å². The van der Waals surface area contributed by atoms with Crippen LogP contribution in [0.4, 0.5) is 0 Å². The molecule has 3 heterocycles. The number of nitrogens with zero attached hydrogens (tertiary/aromatic N) is 1. The summed E-state index contributed by atoms with van der Waals surface area (Å²) in [5.41, 5.74) is 3.16. The number of hydrogen-bond donors (Lipinski definition) is 1. The number of likely N-dealkylation sites (N-methyl/N-ethyl adjacent to an activating group) is 1. The molecule has 1 unspecified atom stereocenters. The largest absolute Gasteiger partial charge is 0.489 e. The molecule has 1 aromatic carbocycles. The van der Waals surface area contributed by atoms with Crippen molar-refractivity contribution in [3.8, 4) is 5.75 Å². The van der Waals surface area contributed by atoms with Crippen LogP contribution in [-0.4, -0.2) is 41.4 Å². The number of aromatic amines is 1. The van der Waals surface area contributed by atoms with Gasteiger partial charge in [0.15, 0.2) is 0 Å². The van der Waals surface area contributed by atoms with Crippen LogP contribution in [0.2, 0.25) is 0 Å². The average molecular weight is 367 g/mol. The van der Waals surface area contributed by atoms with E-state index in [9.17, 15) is 4.79 Å². The van der Waals surface area contributed by atoms with Gasteiger partial charge in [-0.3, -0.25) is 9.69 Å². The molecule has 6 heteroatoms. The topological polar surface area (TPSA) is 45.3 Å². The van der Waals surface area contributed by atoms with Crippen LogP contribution >= 0.6 is 24.2 Å². The Hall–Kier alpha value is -1.17. The van der Waals surface area contributed by atoms with Crippen LogP contribution in [-0.2, 0) is 12.2 Å². The van der Waals surface area contributed by atoms with E-state index in [4.69, 9.17) is 4.74 Å². The van der Waals surface area contributed by atoms with Gasteiger partial charge in [-0.1, -0.05) is 6.92 Å². The van der Waals surface area contributed by atoms with Crippen LogP contribution in [0.15, 0.2) is 23.0 Å². The number of hydrogen-bond acceptors (Lipinski definition) is 4. The van der Waals surface area contributed by atoms with E-state index in [2.05, 4.69) is 22.9 Å². The zero-order chi connectivity index (χ0) is 15.8. The van der Waals surface area contributed by atoms with Gasteiger partial charge in [0, 0.05) is 35.3 Å². The highest BCUT2D eigenvalue weighted by Gasteiger charge is 2.23. The fraction of sp³-hybridized carbons (Fsp3) is 0.500. The van der Waals surface area contributed by atoms with Crippen molar-refractivity contribution in [1.82, 2.24) is 9.88 Å². The summed E-state index contributed by atoms with van der Waals surface area (Å²) in [7, 11) is 0. The molecule has 2 aliphatic heterocycles. The van der Waals surface area contributed by atoms with Gasteiger partial charge in [0.25, 0.3) is 5.56 Å². The number of pyridine rings is 1. The molecule has 0 saturated carbocycles. The molecule has 0 radical (unpaired) electrons. The fourth-order valence-corrected chi connectivity index (χ4v) is 4.61. The molecule has 24 heavy (non-hydrogen) atoms. The predicted octanol–water partition coefficient (Wildman–Crippen LogP) is 3.21. The molecule has 130 valence electrons. The first-order valence-corrected chi connectivity index (χ1v) is 9.54. The zero-order valence-electron chi connectivity index (χ0n) is 13.8. The molecule has 2 aromatic rings. The third-order valence-corrected chi connectivity index (χ3v) is 5.91. The first-order chi connectivity index (χ1) is 11.2. The monoisotopic (exact) mass is 366 g/mol. The highest BCUT2D eigenvalue weighted by molar-refractivity contribution is 7.98. The smallest absolute Gasteiger partial charge is 0.252 e. The van der Waals surface area contributed by atoms with Gasteiger partial charge in [-0.05, 0) is 48.9 Å². The van der Waals surface area contributed by atoms with E-state index in [1.807, 2.05) is 23.9 Å². The number of halogens is 1. The van der Waals surface area contributed by atoms with Gasteiger partial charge in [-0.2, -0.15) is 11.8 Å². The quantitative estimate of drug-likeness (QED) is 0.906. The summed E-state index contributed by atoms with van der Waals surface area (Å²) in [5.74, 6) is 2.83. The Bertz CT molecular complexity index is 792. The molecule has 4 nitrogen and oxygen atoms in total. The average Bonchev–Trinajstić information content (AvgIpc) is 3.03. The van der Waals surface area contributed by atoms with Gasteiger partial charge in [0.1, 0.15) is 11.9 Å². The molecule has 0 bridgehead atoms. The lowest BCUT2D eigenvalue weighted by atomic mass is 10.0. The second kappa shape index (κ2) is 7.38. The molecular formula is C18H23ClN2O2S. The minimum atomic E-state index is 0. The standard InChI is InChI=1S/C18H22N2O2S.ClH/c1-2-20-7-5-13(10-20)22-12-3-4-17-15(9-12)14-6-8-23-11-16(14)18(21)19-17;/h3-4,9,13H,2,5-8,10-11H2,1H3,(H,19,21);1H. The minimum absolute atomic E-state index is 0. The van der Waals surface area contributed by atoms with Gasteiger partial charge in [0.2, 0.25) is 0 Å². The molecule has 4 rings (SSSR count). The minimum Gasteiger partial charge on any atom is -0.489 e. The predicted molar refractivity (Wildman–Crippen MR) is 103 cm³/mol. The number of fused-ring (bicyclic) bond motifs is 3. The van der Waals surface area contributed by atoms with Crippen molar-refractivity contribution in [3.05, 3.63) is 39.7 Å². The number of likely N-dealkylation sites (tertiary alicyclic amines) is 1. The fourth-order valence-electron chi connectivity index (χ4n) is 3.61. The van der Waals surface area contributed by atoms with Gasteiger partial charge in [-0.15, -0.1) is 12.4 Å². The summed E-state index contributed by atoms with van der Waals surface area (Å²) in [6.45, 7) is 5.41. The zero-order valence-corrected chi connectivity index (χ0v) is 15.5. The van der Waals surface area contributed by atoms with E-state index in [-0.39, 0.29) is 24.1 Å². The summed E-state index contributed by atoms with van der Waals surface area (Å²) in [6, 6.07) is 6.09. The van der Waals surface area contributed by atoms with Gasteiger partial charge in [-0.25, -0.2) is 0 Å². The molecular weight excluding hydrogens is 344 g/mol. The molecule has 1 aromatic heterocycles. The van der Waals surface area contributed by atoms with E-state index < -0.39 is 0 Å². The molecule has 1 saturated heterocycles. The van der Waals surface area contributed by atoms with Crippen LogP contribution in [0, 0.1) is 0 Å². The Morgan fingerprint density at radius 2 is 2.25 bits per heavy atom. The Morgan fingerprint density at radius 3 is 3.04 bits per heavy atom. The van der Waals surface area contributed by atoms with E-state index >= 15 is 0 Å². The molecule has 0 spiro atoms. The Balaban J connectivity index is 0.00000169. The summed E-state index contributed by atoms with van der Waals surface area (Å²) < 4.78 is 6.20. The Kier molecular flexibility index (Phi) is 5.42. The SMILES string of the molecule is CCN1CCC(Oc2ccc3[nH]c(=O)c4c(c3c2)CCSC4)C1.Cl. The van der Waals surface area contributed by atoms with Gasteiger partial charge in [0.05, 0.1) is 0 Å². The lowest BCUT2D eigenvalue weighted by Gasteiger charge is -2.19. The molecule has 1 N–H and O–H groups in total. The number of aromatic nitrogens is 1. The molecule has 0 aliphatic carbocycles. The van der Waals surface area contributed by atoms with Crippen molar-refractivity contribution in [2.75, 3.05) is 25.4 Å². The van der Waals surface area contributed by atoms with Crippen LogP contribution in [0.25, 0.3) is 10.9 Å². The number of nitrogens with one attached hydrogen (secondary N) is 1. The normalized spacial score (nSPS) is 20.6. The third-order valence-electron chi connectivity index (χ3n) is 4.92. The molecule has 0 amide bonds. The molecule has 1 atom stereocenters. The summed E-state index contributed by atoms with van der Waals surface area (Å²) in [6.07, 6.45) is 2.34. The number of thioether (sulfide) groups is 1. The molecule has 1 fully saturated rings. The number of aryl methyl sites for hydroxylation is 1. The van der Waals surface area contributed by atoms with Crippen molar-refractivity contribution < 1.29 is 4.74 Å². The second-order valence-corrected chi connectivity index (χ2v) is 7.45. The summed E-state index contributed by atoms with van der Waals surface area (Å²) >= 11 is 1.84. The highest BCUT2D eigenvalue weighted by Crippen LogP contribution is 2.30. The van der Waals surface area contributed by atoms with Crippen molar-refractivity contribution >= 4 is 35.1 Å². The van der Waals surface area contributed by atoms with Crippen molar-refractivity contribution in [1.29, 1.82) is 0 Å². The van der Waals surface area contributed by atoms with E-state index in [0.29, 0.717) is 0 Å². The van der Waals surface area contributed by atoms with E-state index in [1.54, 1.807) is 0 Å². The van der Waals surface area contributed by atoms with Gasteiger partial charge < -0.3 is 9.72 Å². The van der Waals surface area contributed by atoms with Crippen LogP contribution in [0.1, 0.15) is 24.5 Å². The molecule has 2 aliphatic rings. The Morgan fingerprint density at radius 1 is 1.38 bits per heavy atom. The maximum atomic E-state index is 12.2.